The van der Waals surface area contributed by atoms with Crippen LogP contribution in [0.1, 0.15) is 0 Å². The molecule has 0 unspecified atom stereocenters. The van der Waals surface area contributed by atoms with Crippen molar-refractivity contribution >= 4 is 54.0 Å². The number of hydrogen-bond acceptors (Lipinski definition) is 6. The molecule has 0 atom stereocenters. The minimum Gasteiger partial charge on any atom is -0.508 e. The first kappa shape index (κ1) is 29.9. The van der Waals surface area contributed by atoms with Crippen molar-refractivity contribution in [3.63, 3.8) is 0 Å². The normalized spacial score (nSPS) is 12.0. The molecule has 2 aromatic heterocycles. The topological polar surface area (TPSA) is 89.9 Å². The quantitative estimate of drug-likeness (QED) is 0.150. The maximum atomic E-state index is 12.5. The molecule has 0 radical (unpaired) electrons. The smallest absolute Gasteiger partial charge is 0.508 e. The van der Waals surface area contributed by atoms with Gasteiger partial charge in [-0.1, -0.05) is 72.8 Å². The summed E-state index contributed by atoms with van der Waals surface area (Å²) in [5, 5.41) is 12.7. The number of benzene rings is 6. The van der Waals surface area contributed by atoms with Crippen molar-refractivity contribution in [3.8, 4) is 33.8 Å². The van der Waals surface area contributed by atoms with Gasteiger partial charge in [0.1, 0.15) is 33.8 Å². The molecule has 0 saturated carbocycles. The highest BCUT2D eigenvalue weighted by molar-refractivity contribution is 7.88. The lowest BCUT2D eigenvalue weighted by molar-refractivity contribution is -0.0500. The molecule has 0 fully saturated rings. The molecule has 2 heterocycles. The fourth-order valence-corrected chi connectivity index (χ4v) is 5.82. The second kappa shape index (κ2) is 11.6. The molecule has 0 saturated heterocycles. The zero-order valence-corrected chi connectivity index (χ0v) is 25.0. The zero-order valence-electron chi connectivity index (χ0n) is 24.2. The molecule has 47 heavy (non-hydrogen) atoms. The van der Waals surface area contributed by atoms with Crippen LogP contribution in [0.4, 0.5) is 13.2 Å². The van der Waals surface area contributed by atoms with Crippen LogP contribution in [0.3, 0.4) is 0 Å². The Kier molecular flexibility index (Phi) is 7.37. The number of alkyl halides is 3. The van der Waals surface area contributed by atoms with Gasteiger partial charge in [-0.3, -0.25) is 0 Å². The maximum absolute atomic E-state index is 12.5. The summed E-state index contributed by atoms with van der Waals surface area (Å²) in [5.41, 5.74) is 1.23. The summed E-state index contributed by atoms with van der Waals surface area (Å²) in [6.45, 7) is 0. The molecule has 0 bridgehead atoms. The number of phenolic OH excluding ortho intramolecular Hbond substituents is 1. The summed E-state index contributed by atoms with van der Waals surface area (Å²) in [6, 6.07) is 40.2. The molecule has 0 aliphatic carbocycles. The highest BCUT2D eigenvalue weighted by Gasteiger charge is 2.48. The monoisotopic (exact) mass is 652 g/mol. The average Bonchev–Trinajstić information content (AvgIpc) is 3.62. The lowest BCUT2D eigenvalue weighted by Gasteiger charge is -2.09. The third kappa shape index (κ3) is 5.86. The van der Waals surface area contributed by atoms with Crippen molar-refractivity contribution in [3.05, 3.63) is 133 Å². The molecule has 0 aliphatic rings. The van der Waals surface area contributed by atoms with Crippen LogP contribution in [0.2, 0.25) is 0 Å². The van der Waals surface area contributed by atoms with Gasteiger partial charge in [0.25, 0.3) is 0 Å². The van der Waals surface area contributed by atoms with Crippen molar-refractivity contribution in [1.29, 1.82) is 0 Å². The van der Waals surface area contributed by atoms with Crippen LogP contribution in [0.5, 0.6) is 11.5 Å². The van der Waals surface area contributed by atoms with Crippen molar-refractivity contribution < 1.29 is 39.7 Å². The van der Waals surface area contributed by atoms with E-state index >= 15 is 0 Å². The second-order valence-electron chi connectivity index (χ2n) is 10.7. The molecule has 8 aromatic rings. The number of halogens is 3. The summed E-state index contributed by atoms with van der Waals surface area (Å²) in [4.78, 5) is 0. The molecule has 0 amide bonds. The number of aromatic hydroxyl groups is 1. The SMILES string of the molecule is O=S(=O)(Oc1ccc2oc3ccc(-c4ccccc4)cc3c2c1)C(F)(F)F.Oc1ccc2oc3ccc(-c4ccccc4)cc3c2c1. The van der Waals surface area contributed by atoms with E-state index in [1.54, 1.807) is 24.3 Å². The molecular weight excluding hydrogens is 629 g/mol. The van der Waals surface area contributed by atoms with Crippen molar-refractivity contribution in [2.24, 2.45) is 0 Å². The van der Waals surface area contributed by atoms with E-state index < -0.39 is 21.4 Å². The summed E-state index contributed by atoms with van der Waals surface area (Å²) in [6.07, 6.45) is 0. The van der Waals surface area contributed by atoms with Gasteiger partial charge >= 0.3 is 15.6 Å². The van der Waals surface area contributed by atoms with Gasteiger partial charge in [-0.15, -0.1) is 0 Å². The number of hydrogen-bond donors (Lipinski definition) is 1. The van der Waals surface area contributed by atoms with Crippen molar-refractivity contribution in [2.75, 3.05) is 0 Å². The van der Waals surface area contributed by atoms with E-state index in [0.717, 1.165) is 44.7 Å². The van der Waals surface area contributed by atoms with E-state index in [9.17, 15) is 26.7 Å². The van der Waals surface area contributed by atoms with E-state index in [2.05, 4.69) is 28.4 Å². The first-order valence-corrected chi connectivity index (χ1v) is 15.7. The summed E-state index contributed by atoms with van der Waals surface area (Å²) >= 11 is 0. The summed E-state index contributed by atoms with van der Waals surface area (Å²) in [5.74, 6) is -0.182. The summed E-state index contributed by atoms with van der Waals surface area (Å²) in [7, 11) is -5.74. The number of phenols is 1. The van der Waals surface area contributed by atoms with E-state index in [1.165, 1.54) is 17.7 Å². The predicted octanol–water partition coefficient (Wildman–Crippen LogP) is 10.4. The van der Waals surface area contributed by atoms with Crippen LogP contribution in [0.25, 0.3) is 66.1 Å². The Morgan fingerprint density at radius 2 is 0.936 bits per heavy atom. The minimum atomic E-state index is -5.74. The Morgan fingerprint density at radius 3 is 1.43 bits per heavy atom. The molecule has 6 aromatic carbocycles. The Morgan fingerprint density at radius 1 is 0.511 bits per heavy atom. The van der Waals surface area contributed by atoms with Crippen LogP contribution in [0.15, 0.2) is 142 Å². The molecule has 0 spiro atoms. The fourth-order valence-electron chi connectivity index (χ4n) is 5.37. The van der Waals surface area contributed by atoms with Gasteiger partial charge in [0.15, 0.2) is 0 Å². The van der Waals surface area contributed by atoms with E-state index in [1.807, 2.05) is 66.7 Å². The highest BCUT2D eigenvalue weighted by Crippen LogP contribution is 2.36. The first-order valence-electron chi connectivity index (χ1n) is 14.3. The predicted molar refractivity (Wildman–Crippen MR) is 176 cm³/mol. The lowest BCUT2D eigenvalue weighted by atomic mass is 10.0. The van der Waals surface area contributed by atoms with Crippen LogP contribution in [0, 0.1) is 0 Å². The first-order chi connectivity index (χ1) is 22.6. The van der Waals surface area contributed by atoms with Crippen molar-refractivity contribution in [1.82, 2.24) is 0 Å². The number of rotatable bonds is 4. The summed E-state index contributed by atoms with van der Waals surface area (Å²) < 4.78 is 75.7. The van der Waals surface area contributed by atoms with Crippen molar-refractivity contribution in [2.45, 2.75) is 5.51 Å². The van der Waals surface area contributed by atoms with Crippen LogP contribution < -0.4 is 4.18 Å². The van der Waals surface area contributed by atoms with Crippen LogP contribution in [-0.4, -0.2) is 19.0 Å². The molecule has 1 N–H and O–H groups in total. The molecular formula is C37H23F3O6S. The fraction of sp³-hybridized carbons (Fsp3) is 0.0270. The molecule has 10 heteroatoms. The Balaban J connectivity index is 0.000000156. The van der Waals surface area contributed by atoms with Gasteiger partial charge < -0.3 is 18.1 Å². The van der Waals surface area contributed by atoms with Gasteiger partial charge in [0.05, 0.1) is 0 Å². The Labute approximate surface area is 266 Å². The zero-order chi connectivity index (χ0) is 32.8. The van der Waals surface area contributed by atoms with Crippen LogP contribution in [-0.2, 0) is 10.1 Å². The van der Waals surface area contributed by atoms with E-state index in [4.69, 9.17) is 8.83 Å². The third-order valence-electron chi connectivity index (χ3n) is 7.60. The average molecular weight is 653 g/mol. The Hall–Kier alpha value is -5.74. The van der Waals surface area contributed by atoms with Gasteiger partial charge in [0, 0.05) is 21.5 Å². The molecule has 0 aliphatic heterocycles. The maximum Gasteiger partial charge on any atom is 0.534 e. The van der Waals surface area contributed by atoms with Gasteiger partial charge in [-0.2, -0.15) is 21.6 Å². The van der Waals surface area contributed by atoms with Gasteiger partial charge in [0.2, 0.25) is 0 Å². The minimum absolute atomic E-state index is 0.255. The second-order valence-corrected chi connectivity index (χ2v) is 12.2. The highest BCUT2D eigenvalue weighted by atomic mass is 32.2. The van der Waals surface area contributed by atoms with Gasteiger partial charge in [-0.25, -0.2) is 0 Å². The number of furan rings is 2. The Bertz CT molecular complexity index is 2500. The molecule has 234 valence electrons. The standard InChI is InChI=1S/C19H11F3O4S.C18H12O2/c20-19(21,22)27(23,24)26-14-7-9-18-16(11-14)15-10-13(6-8-17(15)25-18)12-4-2-1-3-5-12;19-14-7-9-18-16(11-14)15-10-13(6-8-17(15)20-18)12-4-2-1-3-5-12/h1-11H;1-11,19H. The van der Waals surface area contributed by atoms with E-state index in [0.29, 0.717) is 21.9 Å². The van der Waals surface area contributed by atoms with Crippen LogP contribution >= 0.6 is 0 Å². The molecule has 8 rings (SSSR count). The largest absolute Gasteiger partial charge is 0.534 e. The third-order valence-corrected chi connectivity index (χ3v) is 8.58. The lowest BCUT2D eigenvalue weighted by Crippen LogP contribution is -2.28. The molecule has 6 nitrogen and oxygen atoms in total. The van der Waals surface area contributed by atoms with E-state index in [-0.39, 0.29) is 5.75 Å². The number of fused-ring (bicyclic) bond motifs is 6. The van der Waals surface area contributed by atoms with Gasteiger partial charge in [-0.05, 0) is 82.9 Å².